The Kier molecular flexibility index (Phi) is 5.73. The molecule has 0 saturated carbocycles. The number of halogens is 1. The van der Waals surface area contributed by atoms with Gasteiger partial charge < -0.3 is 21.1 Å². The van der Waals surface area contributed by atoms with Crippen molar-refractivity contribution in [2.24, 2.45) is 0 Å². The van der Waals surface area contributed by atoms with Gasteiger partial charge in [0.25, 0.3) is 0 Å². The van der Waals surface area contributed by atoms with E-state index in [9.17, 15) is 4.79 Å². The quantitative estimate of drug-likeness (QED) is 0.555. The van der Waals surface area contributed by atoms with Crippen molar-refractivity contribution < 1.29 is 9.53 Å². The van der Waals surface area contributed by atoms with Crippen LogP contribution in [0.1, 0.15) is 15.9 Å². The molecule has 138 valence electrons. The largest absolute Gasteiger partial charge is 0.465 e. The molecule has 0 fully saturated rings. The van der Waals surface area contributed by atoms with Gasteiger partial charge in [0.15, 0.2) is 11.6 Å². The van der Waals surface area contributed by atoms with Crippen LogP contribution in [-0.4, -0.2) is 23.0 Å². The summed E-state index contributed by atoms with van der Waals surface area (Å²) < 4.78 is 4.68. The van der Waals surface area contributed by atoms with Gasteiger partial charge in [0.05, 0.1) is 12.7 Å². The van der Waals surface area contributed by atoms with Gasteiger partial charge in [0.2, 0.25) is 0 Å². The fourth-order valence-electron chi connectivity index (χ4n) is 2.37. The topological polar surface area (TPSA) is 102 Å². The van der Waals surface area contributed by atoms with Crippen LogP contribution in [0.4, 0.5) is 23.0 Å². The third-order valence-electron chi connectivity index (χ3n) is 3.83. The minimum absolute atomic E-state index is 0.392. The molecule has 0 amide bonds. The molecule has 8 heteroatoms. The number of methoxy groups -OCH3 is 1. The first kappa shape index (κ1) is 18.5. The number of anilines is 4. The Morgan fingerprint density at radius 1 is 1.07 bits per heavy atom. The lowest BCUT2D eigenvalue weighted by Crippen LogP contribution is -2.08. The summed E-state index contributed by atoms with van der Waals surface area (Å²) in [7, 11) is 1.34. The van der Waals surface area contributed by atoms with Crippen LogP contribution in [0.25, 0.3) is 0 Å². The molecule has 0 spiro atoms. The van der Waals surface area contributed by atoms with E-state index in [0.717, 1.165) is 11.3 Å². The number of esters is 1. The molecular formula is C19H18ClN5O2. The first-order valence-electron chi connectivity index (χ1n) is 8.11. The van der Waals surface area contributed by atoms with E-state index in [2.05, 4.69) is 25.3 Å². The van der Waals surface area contributed by atoms with Crippen LogP contribution < -0.4 is 16.4 Å². The molecule has 2 aromatic carbocycles. The van der Waals surface area contributed by atoms with E-state index in [0.29, 0.717) is 34.5 Å². The number of nitrogens with two attached hydrogens (primary N) is 1. The molecule has 1 aromatic heterocycles. The molecular weight excluding hydrogens is 366 g/mol. The Hall–Kier alpha value is -3.32. The molecule has 0 aliphatic heterocycles. The third kappa shape index (κ3) is 4.65. The van der Waals surface area contributed by atoms with Gasteiger partial charge in [0, 0.05) is 17.3 Å². The number of hydrogen-bond donors (Lipinski definition) is 3. The molecule has 0 unspecified atom stereocenters. The summed E-state index contributed by atoms with van der Waals surface area (Å²) >= 11 is 5.89. The summed E-state index contributed by atoms with van der Waals surface area (Å²) in [6, 6.07) is 14.3. The van der Waals surface area contributed by atoms with Crippen molar-refractivity contribution in [1.82, 2.24) is 9.97 Å². The number of benzene rings is 2. The second-order valence-electron chi connectivity index (χ2n) is 5.66. The van der Waals surface area contributed by atoms with Crippen LogP contribution in [0.2, 0.25) is 5.02 Å². The van der Waals surface area contributed by atoms with Crippen LogP contribution in [0.3, 0.4) is 0 Å². The van der Waals surface area contributed by atoms with Crippen molar-refractivity contribution in [2.45, 2.75) is 6.54 Å². The molecule has 0 bridgehead atoms. The summed E-state index contributed by atoms with van der Waals surface area (Å²) in [6.45, 7) is 0.547. The lowest BCUT2D eigenvalue weighted by atomic mass is 10.2. The van der Waals surface area contributed by atoms with Gasteiger partial charge >= 0.3 is 5.97 Å². The Morgan fingerprint density at radius 2 is 1.74 bits per heavy atom. The maximum Gasteiger partial charge on any atom is 0.337 e. The Bertz CT molecular complexity index is 930. The highest BCUT2D eigenvalue weighted by Gasteiger charge is 2.09. The van der Waals surface area contributed by atoms with Gasteiger partial charge in [0.1, 0.15) is 12.0 Å². The van der Waals surface area contributed by atoms with Gasteiger partial charge in [-0.2, -0.15) is 0 Å². The maximum atomic E-state index is 11.5. The number of rotatable bonds is 6. The standard InChI is InChI=1S/C19H18ClN5O2/c1-27-19(26)13-4-8-15(9-5-13)25-18-16(21)17(23-11-24-18)22-10-12-2-6-14(20)7-3-12/h2-9,11H,10,21H2,1H3,(H2,22,23,24,25). The molecule has 1 heterocycles. The molecule has 0 atom stereocenters. The number of ether oxygens (including phenoxy) is 1. The monoisotopic (exact) mass is 383 g/mol. The van der Waals surface area contributed by atoms with E-state index in [1.54, 1.807) is 24.3 Å². The molecule has 27 heavy (non-hydrogen) atoms. The first-order chi connectivity index (χ1) is 13.1. The molecule has 0 aliphatic rings. The maximum absolute atomic E-state index is 11.5. The Balaban J connectivity index is 1.70. The van der Waals surface area contributed by atoms with E-state index in [-0.39, 0.29) is 0 Å². The van der Waals surface area contributed by atoms with Crippen LogP contribution in [0.15, 0.2) is 54.9 Å². The van der Waals surface area contributed by atoms with Crippen molar-refractivity contribution in [1.29, 1.82) is 0 Å². The van der Waals surface area contributed by atoms with Crippen molar-refractivity contribution in [3.63, 3.8) is 0 Å². The van der Waals surface area contributed by atoms with Gasteiger partial charge in [-0.15, -0.1) is 0 Å². The molecule has 3 rings (SSSR count). The minimum Gasteiger partial charge on any atom is -0.465 e. The van der Waals surface area contributed by atoms with Gasteiger partial charge in [-0.05, 0) is 42.0 Å². The van der Waals surface area contributed by atoms with Crippen LogP contribution in [-0.2, 0) is 11.3 Å². The van der Waals surface area contributed by atoms with E-state index >= 15 is 0 Å². The molecule has 0 radical (unpaired) electrons. The zero-order valence-corrected chi connectivity index (χ0v) is 15.3. The summed E-state index contributed by atoms with van der Waals surface area (Å²) in [5, 5.41) is 6.99. The summed E-state index contributed by atoms with van der Waals surface area (Å²) in [6.07, 6.45) is 1.42. The molecule has 4 N–H and O–H groups in total. The number of carbonyl (C=O) groups excluding carboxylic acids is 1. The van der Waals surface area contributed by atoms with Gasteiger partial charge in [-0.25, -0.2) is 14.8 Å². The smallest absolute Gasteiger partial charge is 0.337 e. The fraction of sp³-hybridized carbons (Fsp3) is 0.105. The normalized spacial score (nSPS) is 10.3. The number of hydrogen-bond acceptors (Lipinski definition) is 7. The van der Waals surface area contributed by atoms with Gasteiger partial charge in [-0.3, -0.25) is 0 Å². The fourth-order valence-corrected chi connectivity index (χ4v) is 2.49. The zero-order chi connectivity index (χ0) is 19.2. The van der Waals surface area contributed by atoms with E-state index in [1.807, 2.05) is 24.3 Å². The average Bonchev–Trinajstić information content (AvgIpc) is 2.70. The highest BCUT2D eigenvalue weighted by Crippen LogP contribution is 2.26. The van der Waals surface area contributed by atoms with Crippen LogP contribution in [0.5, 0.6) is 0 Å². The van der Waals surface area contributed by atoms with Crippen LogP contribution >= 0.6 is 11.6 Å². The van der Waals surface area contributed by atoms with Crippen molar-refractivity contribution in [3.8, 4) is 0 Å². The molecule has 0 aliphatic carbocycles. The number of nitrogens with zero attached hydrogens (tertiary/aromatic N) is 2. The highest BCUT2D eigenvalue weighted by molar-refractivity contribution is 6.30. The SMILES string of the molecule is COC(=O)c1ccc(Nc2ncnc(NCc3ccc(Cl)cc3)c2N)cc1. The van der Waals surface area contributed by atoms with Gasteiger partial charge in [-0.1, -0.05) is 23.7 Å². The van der Waals surface area contributed by atoms with Crippen molar-refractivity contribution in [3.05, 3.63) is 71.0 Å². The van der Waals surface area contributed by atoms with E-state index in [4.69, 9.17) is 17.3 Å². The molecule has 7 nitrogen and oxygen atoms in total. The lowest BCUT2D eigenvalue weighted by Gasteiger charge is -2.13. The molecule has 3 aromatic rings. The lowest BCUT2D eigenvalue weighted by molar-refractivity contribution is 0.0601. The summed E-state index contributed by atoms with van der Waals surface area (Å²) in [5.74, 6) is 0.597. The van der Waals surface area contributed by atoms with E-state index in [1.165, 1.54) is 13.4 Å². The number of nitrogens with one attached hydrogen (secondary N) is 2. The number of aromatic nitrogens is 2. The van der Waals surface area contributed by atoms with E-state index < -0.39 is 5.97 Å². The second-order valence-corrected chi connectivity index (χ2v) is 6.09. The van der Waals surface area contributed by atoms with Crippen LogP contribution in [0, 0.1) is 0 Å². The summed E-state index contributed by atoms with van der Waals surface area (Å²) in [5.41, 5.74) is 8.81. The Morgan fingerprint density at radius 3 is 2.41 bits per heavy atom. The average molecular weight is 384 g/mol. The predicted molar refractivity (Wildman–Crippen MR) is 106 cm³/mol. The first-order valence-corrected chi connectivity index (χ1v) is 8.49. The predicted octanol–water partition coefficient (Wildman–Crippen LogP) is 3.85. The highest BCUT2D eigenvalue weighted by atomic mass is 35.5. The molecule has 0 saturated heterocycles. The number of nitrogen functional groups attached to an aromatic ring is 1. The second kappa shape index (κ2) is 8.37. The summed E-state index contributed by atoms with van der Waals surface area (Å²) in [4.78, 5) is 19.9. The minimum atomic E-state index is -0.392. The number of carbonyl (C=O) groups is 1. The zero-order valence-electron chi connectivity index (χ0n) is 14.6. The third-order valence-corrected chi connectivity index (χ3v) is 4.08. The van der Waals surface area contributed by atoms with Crippen molar-refractivity contribution >= 4 is 40.6 Å². The Labute approximate surface area is 161 Å². The van der Waals surface area contributed by atoms with Crippen molar-refractivity contribution in [2.75, 3.05) is 23.5 Å².